The quantitative estimate of drug-likeness (QED) is 0.720. The molecule has 2 rings (SSSR count). The summed E-state index contributed by atoms with van der Waals surface area (Å²) >= 11 is 0. The number of hydrogen-bond donors (Lipinski definition) is 1. The van der Waals surface area contributed by atoms with E-state index in [1.54, 1.807) is 0 Å². The number of nitrogens with zero attached hydrogens (tertiary/aromatic N) is 1. The minimum Gasteiger partial charge on any atom is -0.378 e. The molecule has 0 amide bonds. The van der Waals surface area contributed by atoms with E-state index in [1.807, 2.05) is 7.05 Å². The monoisotopic (exact) mass is 211 g/mol. The van der Waals surface area contributed by atoms with Crippen LogP contribution in [0.25, 0.3) is 0 Å². The fourth-order valence-electron chi connectivity index (χ4n) is 3.42. The largest absolute Gasteiger partial charge is 0.378 e. The molecule has 1 N–H and O–H groups in total. The summed E-state index contributed by atoms with van der Waals surface area (Å²) < 4.78 is 0. The Bertz CT molecular complexity index is 189. The van der Waals surface area contributed by atoms with Crippen LogP contribution in [0.3, 0.4) is 0 Å². The molecule has 88 valence electrons. The maximum atomic E-state index is 9.98. The lowest BCUT2D eigenvalue weighted by molar-refractivity contribution is -0.0667. The predicted octanol–water partition coefficient (Wildman–Crippen LogP) is 2.62. The van der Waals surface area contributed by atoms with E-state index < -0.39 is 0 Å². The molecule has 3 atom stereocenters. The van der Waals surface area contributed by atoms with Crippen LogP contribution >= 0.6 is 0 Å². The Kier molecular flexibility index (Phi) is 3.68. The Morgan fingerprint density at radius 3 is 2.27 bits per heavy atom. The fraction of sp³-hybridized carbons (Fsp3) is 1.00. The minimum atomic E-state index is -0.194. The zero-order valence-electron chi connectivity index (χ0n) is 10.2. The second-order valence-electron chi connectivity index (χ2n) is 5.62. The topological polar surface area (TPSA) is 23.5 Å². The number of hydrogen-bond acceptors (Lipinski definition) is 2. The molecule has 1 saturated heterocycles. The van der Waals surface area contributed by atoms with Gasteiger partial charge in [0, 0.05) is 6.04 Å². The number of rotatable bonds is 1. The zero-order chi connectivity index (χ0) is 10.8. The summed E-state index contributed by atoms with van der Waals surface area (Å²) in [4.78, 5) is 2.12. The van der Waals surface area contributed by atoms with E-state index in [1.165, 1.54) is 38.5 Å². The third-order valence-electron chi connectivity index (χ3n) is 4.64. The fourth-order valence-corrected chi connectivity index (χ4v) is 3.42. The second-order valence-corrected chi connectivity index (χ2v) is 5.62. The molecule has 0 aromatic rings. The van der Waals surface area contributed by atoms with Gasteiger partial charge in [-0.1, -0.05) is 32.1 Å². The molecule has 0 spiro atoms. The molecule has 1 saturated carbocycles. The number of aliphatic hydroxyl groups excluding tert-OH is 1. The first-order valence-electron chi connectivity index (χ1n) is 6.58. The van der Waals surface area contributed by atoms with E-state index in [0.29, 0.717) is 6.04 Å². The standard InChI is InChI=1S/C13H25NO/c1-10-8-12(9-13(15)14(10)2)11-6-4-3-5-7-11/h10-13,15H,3-9H2,1-2H3/t10-,12-,13+/m1/s1. The maximum absolute atomic E-state index is 9.98. The van der Waals surface area contributed by atoms with Crippen molar-refractivity contribution in [2.75, 3.05) is 7.05 Å². The molecular weight excluding hydrogens is 186 g/mol. The summed E-state index contributed by atoms with van der Waals surface area (Å²) in [5, 5.41) is 9.98. The molecule has 2 fully saturated rings. The Morgan fingerprint density at radius 2 is 1.67 bits per heavy atom. The minimum absolute atomic E-state index is 0.194. The molecule has 1 aliphatic carbocycles. The smallest absolute Gasteiger partial charge is 0.107 e. The van der Waals surface area contributed by atoms with Gasteiger partial charge in [-0.15, -0.1) is 0 Å². The van der Waals surface area contributed by atoms with Crippen molar-refractivity contribution in [3.05, 3.63) is 0 Å². The summed E-state index contributed by atoms with van der Waals surface area (Å²) in [6.07, 6.45) is 9.19. The second kappa shape index (κ2) is 4.84. The van der Waals surface area contributed by atoms with Crippen molar-refractivity contribution in [3.63, 3.8) is 0 Å². The molecular formula is C13H25NO. The van der Waals surface area contributed by atoms with Crippen molar-refractivity contribution < 1.29 is 5.11 Å². The molecule has 1 heterocycles. The van der Waals surface area contributed by atoms with Gasteiger partial charge in [-0.05, 0) is 38.6 Å². The molecule has 15 heavy (non-hydrogen) atoms. The third kappa shape index (κ3) is 2.54. The Balaban J connectivity index is 1.92. The van der Waals surface area contributed by atoms with E-state index in [0.717, 1.165) is 18.3 Å². The number of likely N-dealkylation sites (tertiary alicyclic amines) is 1. The molecule has 2 aliphatic rings. The van der Waals surface area contributed by atoms with E-state index in [4.69, 9.17) is 0 Å². The van der Waals surface area contributed by atoms with E-state index in [9.17, 15) is 5.11 Å². The van der Waals surface area contributed by atoms with Gasteiger partial charge in [0.1, 0.15) is 6.23 Å². The first-order valence-corrected chi connectivity index (χ1v) is 6.58. The number of piperidine rings is 1. The average molecular weight is 211 g/mol. The highest BCUT2D eigenvalue weighted by molar-refractivity contribution is 4.84. The molecule has 0 radical (unpaired) electrons. The predicted molar refractivity (Wildman–Crippen MR) is 62.5 cm³/mol. The van der Waals surface area contributed by atoms with Crippen molar-refractivity contribution in [2.45, 2.75) is 64.1 Å². The first kappa shape index (κ1) is 11.4. The van der Waals surface area contributed by atoms with Crippen molar-refractivity contribution in [2.24, 2.45) is 11.8 Å². The summed E-state index contributed by atoms with van der Waals surface area (Å²) in [6, 6.07) is 0.556. The molecule has 2 nitrogen and oxygen atoms in total. The zero-order valence-corrected chi connectivity index (χ0v) is 10.2. The SMILES string of the molecule is C[C@@H]1C[C@@H](C2CCCCC2)C[C@H](O)N1C. The van der Waals surface area contributed by atoms with Crippen LogP contribution in [-0.4, -0.2) is 29.3 Å². The summed E-state index contributed by atoms with van der Waals surface area (Å²) in [5.41, 5.74) is 0. The van der Waals surface area contributed by atoms with Gasteiger partial charge in [0.2, 0.25) is 0 Å². The summed E-state index contributed by atoms with van der Waals surface area (Å²) in [5.74, 6) is 1.69. The van der Waals surface area contributed by atoms with Gasteiger partial charge in [-0.2, -0.15) is 0 Å². The lowest BCUT2D eigenvalue weighted by Gasteiger charge is -2.43. The Morgan fingerprint density at radius 1 is 1.00 bits per heavy atom. The van der Waals surface area contributed by atoms with E-state index in [-0.39, 0.29) is 6.23 Å². The van der Waals surface area contributed by atoms with Crippen molar-refractivity contribution in [3.8, 4) is 0 Å². The van der Waals surface area contributed by atoms with Crippen LogP contribution in [0, 0.1) is 11.8 Å². The molecule has 1 aliphatic heterocycles. The van der Waals surface area contributed by atoms with Crippen LogP contribution in [0.5, 0.6) is 0 Å². The maximum Gasteiger partial charge on any atom is 0.107 e. The van der Waals surface area contributed by atoms with Gasteiger partial charge in [0.15, 0.2) is 0 Å². The van der Waals surface area contributed by atoms with Crippen LogP contribution in [0.4, 0.5) is 0 Å². The molecule has 2 heteroatoms. The third-order valence-corrected chi connectivity index (χ3v) is 4.64. The first-order chi connectivity index (χ1) is 7.18. The van der Waals surface area contributed by atoms with Crippen LogP contribution in [0.15, 0.2) is 0 Å². The van der Waals surface area contributed by atoms with Crippen LogP contribution < -0.4 is 0 Å². The van der Waals surface area contributed by atoms with Crippen LogP contribution in [-0.2, 0) is 0 Å². The van der Waals surface area contributed by atoms with Crippen molar-refractivity contribution in [1.29, 1.82) is 0 Å². The normalized spacial score (nSPS) is 40.6. The molecule has 0 aromatic heterocycles. The van der Waals surface area contributed by atoms with Gasteiger partial charge in [-0.3, -0.25) is 4.90 Å². The van der Waals surface area contributed by atoms with Gasteiger partial charge >= 0.3 is 0 Å². The Hall–Kier alpha value is -0.0800. The molecule has 0 aromatic carbocycles. The van der Waals surface area contributed by atoms with Crippen LogP contribution in [0.2, 0.25) is 0 Å². The molecule has 0 bridgehead atoms. The van der Waals surface area contributed by atoms with Gasteiger partial charge in [-0.25, -0.2) is 0 Å². The average Bonchev–Trinajstić information content (AvgIpc) is 2.26. The lowest BCUT2D eigenvalue weighted by atomic mass is 9.74. The highest BCUT2D eigenvalue weighted by Gasteiger charge is 2.34. The summed E-state index contributed by atoms with van der Waals surface area (Å²) in [6.45, 7) is 2.25. The van der Waals surface area contributed by atoms with Gasteiger partial charge in [0.05, 0.1) is 0 Å². The number of aliphatic hydroxyl groups is 1. The van der Waals surface area contributed by atoms with Gasteiger partial charge < -0.3 is 5.11 Å². The van der Waals surface area contributed by atoms with E-state index >= 15 is 0 Å². The summed E-state index contributed by atoms with van der Waals surface area (Å²) in [7, 11) is 2.05. The molecule has 0 unspecified atom stereocenters. The Labute approximate surface area is 93.7 Å². The van der Waals surface area contributed by atoms with Gasteiger partial charge in [0.25, 0.3) is 0 Å². The highest BCUT2D eigenvalue weighted by atomic mass is 16.3. The van der Waals surface area contributed by atoms with Crippen LogP contribution in [0.1, 0.15) is 51.9 Å². The highest BCUT2D eigenvalue weighted by Crippen LogP contribution is 2.38. The van der Waals surface area contributed by atoms with Crippen molar-refractivity contribution in [1.82, 2.24) is 4.90 Å². The van der Waals surface area contributed by atoms with E-state index in [2.05, 4.69) is 11.8 Å². The van der Waals surface area contributed by atoms with Crippen molar-refractivity contribution >= 4 is 0 Å². The lowest BCUT2D eigenvalue weighted by Crippen LogP contribution is -2.47.